The first-order valence-electron chi connectivity index (χ1n) is 6.36. The molecule has 2 aromatic rings. The van der Waals surface area contributed by atoms with Crippen LogP contribution < -0.4 is 5.73 Å². The molecular weight excluding hydrogens is 349 g/mol. The monoisotopic (exact) mass is 367 g/mol. The Morgan fingerprint density at radius 3 is 2.63 bits per heavy atom. The number of anilines is 1. The van der Waals surface area contributed by atoms with Crippen molar-refractivity contribution in [2.75, 3.05) is 5.73 Å². The number of aromatic nitrogens is 2. The summed E-state index contributed by atoms with van der Waals surface area (Å²) in [5.41, 5.74) is 9.27. The third-order valence-corrected chi connectivity index (χ3v) is 4.00. The van der Waals surface area contributed by atoms with E-state index in [-0.39, 0.29) is 0 Å². The number of nitrogen functional groups attached to an aromatic ring is 1. The van der Waals surface area contributed by atoms with Crippen molar-refractivity contribution >= 4 is 28.4 Å². The third-order valence-electron chi connectivity index (χ3n) is 2.82. The Morgan fingerprint density at radius 2 is 2.00 bits per heavy atom. The highest BCUT2D eigenvalue weighted by atomic mass is 127. The van der Waals surface area contributed by atoms with Crippen LogP contribution in [0.5, 0.6) is 0 Å². The molecule has 0 bridgehead atoms. The zero-order valence-corrected chi connectivity index (χ0v) is 13.6. The average molecular weight is 367 g/mol. The Kier molecular flexibility index (Phi) is 4.39. The van der Waals surface area contributed by atoms with E-state index in [1.165, 1.54) is 5.56 Å². The summed E-state index contributed by atoms with van der Waals surface area (Å²) >= 11 is 2.23. The second-order valence-electron chi connectivity index (χ2n) is 5.16. The summed E-state index contributed by atoms with van der Waals surface area (Å²) in [6.45, 7) is 6.43. The van der Waals surface area contributed by atoms with Gasteiger partial charge in [0.05, 0.1) is 9.26 Å². The van der Waals surface area contributed by atoms with Crippen LogP contribution in [0.1, 0.15) is 25.1 Å². The third kappa shape index (κ3) is 3.43. The lowest BCUT2D eigenvalue weighted by Gasteiger charge is -2.11. The Labute approximate surface area is 127 Å². The van der Waals surface area contributed by atoms with E-state index in [2.05, 4.69) is 65.5 Å². The zero-order valence-electron chi connectivity index (χ0n) is 11.4. The van der Waals surface area contributed by atoms with Crippen molar-refractivity contribution in [3.05, 3.63) is 39.1 Å². The highest BCUT2D eigenvalue weighted by molar-refractivity contribution is 14.1. The molecule has 0 radical (unpaired) electrons. The van der Waals surface area contributed by atoms with Crippen LogP contribution in [0.2, 0.25) is 0 Å². The first-order chi connectivity index (χ1) is 8.97. The SMILES string of the molecule is Cc1cccc(-c2nc(N)c(I)c(CC(C)C)n2)c1. The summed E-state index contributed by atoms with van der Waals surface area (Å²) in [6.07, 6.45) is 0.920. The van der Waals surface area contributed by atoms with Gasteiger partial charge >= 0.3 is 0 Å². The molecule has 0 atom stereocenters. The normalized spacial score (nSPS) is 11.0. The number of hydrogen-bond donors (Lipinski definition) is 1. The summed E-state index contributed by atoms with van der Waals surface area (Å²) in [5.74, 6) is 1.84. The fraction of sp³-hybridized carbons (Fsp3) is 0.333. The van der Waals surface area contributed by atoms with Gasteiger partial charge in [0.15, 0.2) is 5.82 Å². The molecule has 0 fully saturated rings. The predicted molar refractivity (Wildman–Crippen MR) is 87.9 cm³/mol. The Hall–Kier alpha value is -1.17. The summed E-state index contributed by atoms with van der Waals surface area (Å²) in [7, 11) is 0. The van der Waals surface area contributed by atoms with Crippen LogP contribution in [-0.4, -0.2) is 9.97 Å². The first kappa shape index (κ1) is 14.2. The standard InChI is InChI=1S/C15H18IN3/c1-9(2)7-12-13(16)14(17)19-15(18-12)11-6-4-5-10(3)8-11/h4-6,8-9H,7H2,1-3H3,(H2,17,18,19). The minimum absolute atomic E-state index is 0.549. The van der Waals surface area contributed by atoms with Gasteiger partial charge in [-0.15, -0.1) is 0 Å². The maximum atomic E-state index is 6.01. The molecule has 0 amide bonds. The van der Waals surface area contributed by atoms with Gasteiger partial charge in [0.25, 0.3) is 0 Å². The van der Waals surface area contributed by atoms with E-state index in [1.807, 2.05) is 12.1 Å². The quantitative estimate of drug-likeness (QED) is 0.839. The van der Waals surface area contributed by atoms with Gasteiger partial charge in [-0.1, -0.05) is 37.6 Å². The van der Waals surface area contributed by atoms with Crippen molar-refractivity contribution in [1.29, 1.82) is 0 Å². The van der Waals surface area contributed by atoms with E-state index in [4.69, 9.17) is 5.73 Å². The van der Waals surface area contributed by atoms with E-state index >= 15 is 0 Å². The second-order valence-corrected chi connectivity index (χ2v) is 6.24. The minimum Gasteiger partial charge on any atom is -0.383 e. The van der Waals surface area contributed by atoms with Crippen LogP contribution in [0.4, 0.5) is 5.82 Å². The van der Waals surface area contributed by atoms with E-state index in [0.29, 0.717) is 11.7 Å². The molecule has 1 aromatic heterocycles. The summed E-state index contributed by atoms with van der Waals surface area (Å²) in [5, 5.41) is 0. The van der Waals surface area contributed by atoms with E-state index in [1.54, 1.807) is 0 Å². The molecule has 2 N–H and O–H groups in total. The lowest BCUT2D eigenvalue weighted by Crippen LogP contribution is -2.07. The maximum absolute atomic E-state index is 6.01. The topological polar surface area (TPSA) is 51.8 Å². The van der Waals surface area contributed by atoms with Crippen molar-refractivity contribution in [3.8, 4) is 11.4 Å². The van der Waals surface area contributed by atoms with Crippen LogP contribution in [-0.2, 0) is 6.42 Å². The number of halogens is 1. The second kappa shape index (κ2) is 5.86. The van der Waals surface area contributed by atoms with Crippen LogP contribution in [0.25, 0.3) is 11.4 Å². The molecule has 19 heavy (non-hydrogen) atoms. The number of aryl methyl sites for hydroxylation is 1. The highest BCUT2D eigenvalue weighted by Gasteiger charge is 2.12. The van der Waals surface area contributed by atoms with Crippen LogP contribution in [0.15, 0.2) is 24.3 Å². The fourth-order valence-electron chi connectivity index (χ4n) is 1.95. The fourth-order valence-corrected chi connectivity index (χ4v) is 2.41. The van der Waals surface area contributed by atoms with Gasteiger partial charge in [0, 0.05) is 5.56 Å². The van der Waals surface area contributed by atoms with Gasteiger partial charge in [-0.25, -0.2) is 9.97 Å². The maximum Gasteiger partial charge on any atom is 0.161 e. The summed E-state index contributed by atoms with van der Waals surface area (Å²) in [4.78, 5) is 9.10. The number of rotatable bonds is 3. The van der Waals surface area contributed by atoms with E-state index < -0.39 is 0 Å². The number of benzene rings is 1. The molecule has 0 unspecified atom stereocenters. The van der Waals surface area contributed by atoms with Crippen molar-refractivity contribution in [2.45, 2.75) is 27.2 Å². The van der Waals surface area contributed by atoms with Gasteiger partial charge in [-0.05, 0) is 47.9 Å². The molecule has 0 aliphatic heterocycles. The van der Waals surface area contributed by atoms with E-state index in [9.17, 15) is 0 Å². The number of nitrogens with zero attached hydrogens (tertiary/aromatic N) is 2. The Balaban J connectivity index is 2.50. The summed E-state index contributed by atoms with van der Waals surface area (Å²) in [6, 6.07) is 8.19. The molecule has 0 spiro atoms. The lowest BCUT2D eigenvalue weighted by atomic mass is 10.1. The average Bonchev–Trinajstić information content (AvgIpc) is 2.34. The van der Waals surface area contributed by atoms with Gasteiger partial charge in [-0.2, -0.15) is 0 Å². The number of nitrogens with two attached hydrogens (primary N) is 1. The van der Waals surface area contributed by atoms with Gasteiger partial charge in [0.1, 0.15) is 5.82 Å². The molecular formula is C15H18IN3. The van der Waals surface area contributed by atoms with Gasteiger partial charge < -0.3 is 5.73 Å². The van der Waals surface area contributed by atoms with Crippen molar-refractivity contribution < 1.29 is 0 Å². The van der Waals surface area contributed by atoms with Crippen molar-refractivity contribution in [1.82, 2.24) is 9.97 Å². The first-order valence-corrected chi connectivity index (χ1v) is 7.44. The molecule has 2 rings (SSSR count). The van der Waals surface area contributed by atoms with Gasteiger partial charge in [-0.3, -0.25) is 0 Å². The van der Waals surface area contributed by atoms with Crippen LogP contribution in [0.3, 0.4) is 0 Å². The molecule has 4 heteroatoms. The highest BCUT2D eigenvalue weighted by Crippen LogP contribution is 2.24. The molecule has 3 nitrogen and oxygen atoms in total. The largest absolute Gasteiger partial charge is 0.383 e. The molecule has 1 aromatic carbocycles. The molecule has 1 heterocycles. The molecule has 100 valence electrons. The molecule has 0 saturated carbocycles. The summed E-state index contributed by atoms with van der Waals surface area (Å²) < 4.78 is 0.975. The molecule has 0 aliphatic carbocycles. The van der Waals surface area contributed by atoms with Gasteiger partial charge in [0.2, 0.25) is 0 Å². The Morgan fingerprint density at radius 1 is 1.26 bits per heavy atom. The number of hydrogen-bond acceptors (Lipinski definition) is 3. The predicted octanol–water partition coefficient (Wildman–Crippen LogP) is 3.84. The minimum atomic E-state index is 0.549. The molecule has 0 aliphatic rings. The van der Waals surface area contributed by atoms with Crippen LogP contribution >= 0.6 is 22.6 Å². The van der Waals surface area contributed by atoms with Crippen LogP contribution in [0, 0.1) is 16.4 Å². The Bertz CT molecular complexity index is 594. The van der Waals surface area contributed by atoms with E-state index in [0.717, 1.165) is 27.1 Å². The molecule has 0 saturated heterocycles. The lowest BCUT2D eigenvalue weighted by molar-refractivity contribution is 0.632. The smallest absolute Gasteiger partial charge is 0.161 e. The van der Waals surface area contributed by atoms with Crippen molar-refractivity contribution in [3.63, 3.8) is 0 Å². The van der Waals surface area contributed by atoms with Crippen molar-refractivity contribution in [2.24, 2.45) is 5.92 Å². The zero-order chi connectivity index (χ0) is 14.0.